The predicted molar refractivity (Wildman–Crippen MR) is 92.9 cm³/mol. The number of aromatic carboxylic acids is 1. The molecule has 2 rings (SSSR count). The maximum atomic E-state index is 11.9. The molecular formula is C18H18N2O5. The minimum absolute atomic E-state index is 0.111. The molecule has 2 aromatic rings. The van der Waals surface area contributed by atoms with Crippen molar-refractivity contribution in [3.05, 3.63) is 54.1 Å². The number of hydrogen-bond acceptors (Lipinski definition) is 4. The van der Waals surface area contributed by atoms with Gasteiger partial charge in [0.2, 0.25) is 5.91 Å². The molecule has 0 unspecified atom stereocenters. The predicted octanol–water partition coefficient (Wildman–Crippen LogP) is 2.75. The lowest BCUT2D eigenvalue weighted by atomic mass is 10.2. The Bertz CT molecular complexity index is 771. The molecule has 2 aromatic carbocycles. The number of carboxylic acids is 1. The van der Waals surface area contributed by atoms with Gasteiger partial charge in [0, 0.05) is 23.9 Å². The maximum absolute atomic E-state index is 11.9. The van der Waals surface area contributed by atoms with Crippen molar-refractivity contribution in [1.29, 1.82) is 0 Å². The molecule has 3 N–H and O–H groups in total. The van der Waals surface area contributed by atoms with Gasteiger partial charge in [0.15, 0.2) is 6.61 Å². The van der Waals surface area contributed by atoms with Crippen LogP contribution in [0.1, 0.15) is 23.7 Å². The summed E-state index contributed by atoms with van der Waals surface area (Å²) in [6.07, 6.45) is 0.369. The van der Waals surface area contributed by atoms with Crippen molar-refractivity contribution < 1.29 is 24.2 Å². The summed E-state index contributed by atoms with van der Waals surface area (Å²) in [6.45, 7) is 1.54. The summed E-state index contributed by atoms with van der Waals surface area (Å²) in [5.74, 6) is -1.08. The van der Waals surface area contributed by atoms with Crippen LogP contribution >= 0.6 is 0 Å². The van der Waals surface area contributed by atoms with Gasteiger partial charge in [-0.25, -0.2) is 4.79 Å². The maximum Gasteiger partial charge on any atom is 0.335 e. The summed E-state index contributed by atoms with van der Waals surface area (Å²) < 4.78 is 5.40. The molecule has 7 heteroatoms. The average Bonchev–Trinajstić information content (AvgIpc) is 2.60. The molecule has 0 heterocycles. The van der Waals surface area contributed by atoms with Crippen molar-refractivity contribution in [2.45, 2.75) is 13.3 Å². The first-order valence-corrected chi connectivity index (χ1v) is 7.64. The third kappa shape index (κ3) is 5.65. The van der Waals surface area contributed by atoms with Gasteiger partial charge < -0.3 is 20.5 Å². The van der Waals surface area contributed by atoms with Crippen LogP contribution in [0.25, 0.3) is 0 Å². The summed E-state index contributed by atoms with van der Waals surface area (Å²) in [4.78, 5) is 34.0. The van der Waals surface area contributed by atoms with Crippen molar-refractivity contribution in [1.82, 2.24) is 0 Å². The number of benzene rings is 2. The van der Waals surface area contributed by atoms with Crippen LogP contribution in [-0.2, 0) is 9.59 Å². The topological polar surface area (TPSA) is 105 Å². The van der Waals surface area contributed by atoms with Gasteiger partial charge in [-0.2, -0.15) is 0 Å². The van der Waals surface area contributed by atoms with E-state index in [0.29, 0.717) is 23.5 Å². The van der Waals surface area contributed by atoms with Gasteiger partial charge in [0.25, 0.3) is 5.91 Å². The van der Waals surface area contributed by atoms with E-state index in [1.807, 2.05) is 0 Å². The second-order valence-corrected chi connectivity index (χ2v) is 5.15. The zero-order valence-corrected chi connectivity index (χ0v) is 13.6. The molecular weight excluding hydrogens is 324 g/mol. The molecule has 0 aliphatic carbocycles. The third-order valence-corrected chi connectivity index (χ3v) is 3.22. The molecule has 0 saturated carbocycles. The largest absolute Gasteiger partial charge is 0.484 e. The van der Waals surface area contributed by atoms with Crippen LogP contribution in [-0.4, -0.2) is 29.5 Å². The van der Waals surface area contributed by atoms with Gasteiger partial charge in [-0.15, -0.1) is 0 Å². The summed E-state index contributed by atoms with van der Waals surface area (Å²) in [5, 5.41) is 14.1. The molecule has 0 atom stereocenters. The first-order valence-electron chi connectivity index (χ1n) is 7.64. The number of rotatable bonds is 7. The van der Waals surface area contributed by atoms with E-state index in [4.69, 9.17) is 9.84 Å². The molecule has 0 radical (unpaired) electrons. The highest BCUT2D eigenvalue weighted by atomic mass is 16.5. The van der Waals surface area contributed by atoms with Crippen LogP contribution in [0.3, 0.4) is 0 Å². The second-order valence-electron chi connectivity index (χ2n) is 5.15. The zero-order chi connectivity index (χ0) is 18.2. The van der Waals surface area contributed by atoms with E-state index >= 15 is 0 Å². The number of amides is 2. The monoisotopic (exact) mass is 342 g/mol. The van der Waals surface area contributed by atoms with E-state index in [2.05, 4.69) is 10.6 Å². The van der Waals surface area contributed by atoms with E-state index in [0.717, 1.165) is 0 Å². The molecule has 0 aromatic heterocycles. The highest BCUT2D eigenvalue weighted by Crippen LogP contribution is 2.17. The zero-order valence-electron chi connectivity index (χ0n) is 13.6. The standard InChI is InChI=1S/C18H18N2O5/c1-2-16(21)20-14-4-3-5-15(10-14)25-11-17(22)19-13-8-6-12(7-9-13)18(23)24/h3-10H,2,11H2,1H3,(H,19,22)(H,20,21)(H,23,24). The van der Waals surface area contributed by atoms with Crippen LogP contribution in [0.4, 0.5) is 11.4 Å². The minimum Gasteiger partial charge on any atom is -0.484 e. The SMILES string of the molecule is CCC(=O)Nc1cccc(OCC(=O)Nc2ccc(C(=O)O)cc2)c1. The fourth-order valence-electron chi connectivity index (χ4n) is 1.96. The van der Waals surface area contributed by atoms with E-state index < -0.39 is 5.97 Å². The first-order chi connectivity index (χ1) is 12.0. The Labute approximate surface area is 144 Å². The number of nitrogens with one attached hydrogen (secondary N) is 2. The highest BCUT2D eigenvalue weighted by molar-refractivity contribution is 5.93. The lowest BCUT2D eigenvalue weighted by molar-refractivity contribution is -0.118. The van der Waals surface area contributed by atoms with Gasteiger partial charge >= 0.3 is 5.97 Å². The number of carboxylic acid groups (broad SMARTS) is 1. The molecule has 0 spiro atoms. The number of carbonyl (C=O) groups is 3. The molecule has 0 fully saturated rings. The molecule has 0 bridgehead atoms. The summed E-state index contributed by atoms with van der Waals surface area (Å²) >= 11 is 0. The van der Waals surface area contributed by atoms with Gasteiger partial charge in [-0.1, -0.05) is 13.0 Å². The number of anilines is 2. The number of ether oxygens (including phenoxy) is 1. The second kappa shape index (κ2) is 8.49. The Kier molecular flexibility index (Phi) is 6.11. The Morgan fingerprint density at radius 3 is 2.28 bits per heavy atom. The van der Waals surface area contributed by atoms with Crippen molar-refractivity contribution >= 4 is 29.2 Å². The Hall–Kier alpha value is -3.35. The first kappa shape index (κ1) is 18.0. The van der Waals surface area contributed by atoms with E-state index in [1.54, 1.807) is 31.2 Å². The summed E-state index contributed by atoms with van der Waals surface area (Å²) in [6, 6.07) is 12.6. The molecule has 2 amide bonds. The smallest absolute Gasteiger partial charge is 0.335 e. The lowest BCUT2D eigenvalue weighted by Crippen LogP contribution is -2.20. The highest BCUT2D eigenvalue weighted by Gasteiger charge is 2.07. The van der Waals surface area contributed by atoms with Crippen LogP contribution in [0.15, 0.2) is 48.5 Å². The van der Waals surface area contributed by atoms with Gasteiger partial charge in [-0.3, -0.25) is 9.59 Å². The van der Waals surface area contributed by atoms with Crippen LogP contribution < -0.4 is 15.4 Å². The third-order valence-electron chi connectivity index (χ3n) is 3.22. The number of carbonyl (C=O) groups excluding carboxylic acids is 2. The fraction of sp³-hybridized carbons (Fsp3) is 0.167. The Balaban J connectivity index is 1.88. The van der Waals surface area contributed by atoms with E-state index in [-0.39, 0.29) is 24.0 Å². The lowest BCUT2D eigenvalue weighted by Gasteiger charge is -2.09. The number of hydrogen-bond donors (Lipinski definition) is 3. The normalized spacial score (nSPS) is 9.96. The Morgan fingerprint density at radius 2 is 1.64 bits per heavy atom. The summed E-state index contributed by atoms with van der Waals surface area (Å²) in [5.41, 5.74) is 1.21. The van der Waals surface area contributed by atoms with Crippen molar-refractivity contribution in [2.24, 2.45) is 0 Å². The van der Waals surface area contributed by atoms with E-state index in [1.165, 1.54) is 24.3 Å². The molecule has 0 saturated heterocycles. The van der Waals surface area contributed by atoms with Gasteiger partial charge in [-0.05, 0) is 36.4 Å². The van der Waals surface area contributed by atoms with Crippen molar-refractivity contribution in [3.63, 3.8) is 0 Å². The molecule has 0 aliphatic rings. The van der Waals surface area contributed by atoms with Gasteiger partial charge in [0.05, 0.1) is 5.56 Å². The van der Waals surface area contributed by atoms with Crippen LogP contribution in [0.5, 0.6) is 5.75 Å². The average molecular weight is 342 g/mol. The van der Waals surface area contributed by atoms with Gasteiger partial charge in [0.1, 0.15) is 5.75 Å². The van der Waals surface area contributed by atoms with Crippen LogP contribution in [0.2, 0.25) is 0 Å². The Morgan fingerprint density at radius 1 is 0.960 bits per heavy atom. The molecule has 0 aliphatic heterocycles. The van der Waals surface area contributed by atoms with Crippen molar-refractivity contribution in [2.75, 3.05) is 17.2 Å². The molecule has 7 nitrogen and oxygen atoms in total. The molecule has 25 heavy (non-hydrogen) atoms. The van der Waals surface area contributed by atoms with Crippen LogP contribution in [0, 0.1) is 0 Å². The van der Waals surface area contributed by atoms with E-state index in [9.17, 15) is 14.4 Å². The molecule has 130 valence electrons. The van der Waals surface area contributed by atoms with Crippen molar-refractivity contribution in [3.8, 4) is 5.75 Å². The summed E-state index contributed by atoms with van der Waals surface area (Å²) in [7, 11) is 0. The quantitative estimate of drug-likeness (QED) is 0.717. The minimum atomic E-state index is -1.03. The fourth-order valence-corrected chi connectivity index (χ4v) is 1.96.